The number of amides is 1. The monoisotopic (exact) mass is 485 g/mol. The van der Waals surface area contributed by atoms with Crippen LogP contribution in [0.4, 0.5) is 4.39 Å². The Bertz CT molecular complexity index is 984. The van der Waals surface area contributed by atoms with Crippen LogP contribution < -0.4 is 5.32 Å². The molecule has 0 spiro atoms. The number of nitrogens with one attached hydrogen (secondary N) is 1. The summed E-state index contributed by atoms with van der Waals surface area (Å²) in [6.07, 6.45) is 11.7. The molecule has 0 saturated carbocycles. The van der Waals surface area contributed by atoms with Gasteiger partial charge in [-0.3, -0.25) is 14.3 Å². The number of nitrogens with zero attached hydrogens (tertiary/aromatic N) is 4. The maximum Gasteiger partial charge on any atom is 0.233 e. The fourth-order valence-electron chi connectivity index (χ4n) is 4.76. The van der Waals surface area contributed by atoms with E-state index >= 15 is 0 Å². The SMILES string of the molecule is CC(Sc1nnc(C(C)N2CCCCC2)n1-c1ccc(F)cc1)C(=O)NCCC1=CCCCC1. The number of thioether (sulfide) groups is 1. The van der Waals surface area contributed by atoms with Crippen molar-refractivity contribution in [3.63, 3.8) is 0 Å². The summed E-state index contributed by atoms with van der Waals surface area (Å²) < 4.78 is 15.6. The molecular formula is C26H36FN5OS. The number of hydrogen-bond acceptors (Lipinski definition) is 5. The van der Waals surface area contributed by atoms with Crippen LogP contribution in [-0.4, -0.2) is 50.5 Å². The van der Waals surface area contributed by atoms with Gasteiger partial charge in [0.1, 0.15) is 5.82 Å². The minimum absolute atomic E-state index is 0.000643. The van der Waals surface area contributed by atoms with Gasteiger partial charge in [-0.15, -0.1) is 10.2 Å². The number of rotatable bonds is 9. The van der Waals surface area contributed by atoms with Crippen molar-refractivity contribution in [2.24, 2.45) is 0 Å². The largest absolute Gasteiger partial charge is 0.355 e. The highest BCUT2D eigenvalue weighted by Crippen LogP contribution is 2.31. The van der Waals surface area contributed by atoms with Gasteiger partial charge in [-0.25, -0.2) is 4.39 Å². The van der Waals surface area contributed by atoms with Gasteiger partial charge in [0.25, 0.3) is 0 Å². The third-order valence-corrected chi connectivity index (χ3v) is 7.88. The first-order chi connectivity index (χ1) is 16.5. The number of carbonyl (C=O) groups is 1. The molecule has 2 unspecified atom stereocenters. The molecule has 1 aliphatic carbocycles. The summed E-state index contributed by atoms with van der Waals surface area (Å²) in [7, 11) is 0. The highest BCUT2D eigenvalue weighted by molar-refractivity contribution is 8.00. The molecular weight excluding hydrogens is 449 g/mol. The van der Waals surface area contributed by atoms with E-state index in [1.165, 1.54) is 61.6 Å². The fourth-order valence-corrected chi connectivity index (χ4v) is 5.66. The van der Waals surface area contributed by atoms with Crippen molar-refractivity contribution in [1.29, 1.82) is 0 Å². The van der Waals surface area contributed by atoms with Crippen LogP contribution in [0.5, 0.6) is 0 Å². The van der Waals surface area contributed by atoms with Crippen molar-refractivity contribution in [1.82, 2.24) is 25.0 Å². The Kier molecular flexibility index (Phi) is 8.78. The molecule has 184 valence electrons. The molecule has 34 heavy (non-hydrogen) atoms. The number of likely N-dealkylation sites (tertiary alicyclic amines) is 1. The van der Waals surface area contributed by atoms with Gasteiger partial charge in [0.15, 0.2) is 11.0 Å². The number of benzene rings is 1. The molecule has 4 rings (SSSR count). The van der Waals surface area contributed by atoms with Crippen molar-refractivity contribution in [3.05, 3.63) is 47.6 Å². The molecule has 8 heteroatoms. The number of aromatic nitrogens is 3. The number of piperidine rings is 1. The quantitative estimate of drug-likeness (QED) is 0.378. The minimum Gasteiger partial charge on any atom is -0.355 e. The average Bonchev–Trinajstić information content (AvgIpc) is 3.28. The van der Waals surface area contributed by atoms with E-state index in [0.29, 0.717) is 11.7 Å². The van der Waals surface area contributed by atoms with Gasteiger partial charge in [0, 0.05) is 12.2 Å². The number of carbonyl (C=O) groups excluding carboxylic acids is 1. The highest BCUT2D eigenvalue weighted by atomic mass is 32.2. The Hall–Kier alpha value is -2.19. The first-order valence-electron chi connectivity index (χ1n) is 12.6. The van der Waals surface area contributed by atoms with Crippen molar-refractivity contribution in [2.45, 2.75) is 81.7 Å². The van der Waals surface area contributed by atoms with Gasteiger partial charge in [-0.05, 0) is 96.1 Å². The fraction of sp³-hybridized carbons (Fsp3) is 0.577. The first-order valence-corrected chi connectivity index (χ1v) is 13.5. The zero-order chi connectivity index (χ0) is 23.9. The standard InChI is InChI=1S/C26H36FN5OS/c1-19(31-17-7-4-8-18-31)24-29-30-26(32(24)23-13-11-22(27)12-14-23)34-20(2)25(33)28-16-15-21-9-5-3-6-10-21/h9,11-14,19-20H,3-8,10,15-18H2,1-2H3,(H,28,33). The number of hydrogen-bond donors (Lipinski definition) is 1. The summed E-state index contributed by atoms with van der Waals surface area (Å²) >= 11 is 1.40. The molecule has 2 heterocycles. The summed E-state index contributed by atoms with van der Waals surface area (Å²) in [5, 5.41) is 12.4. The lowest BCUT2D eigenvalue weighted by Crippen LogP contribution is -2.33. The topological polar surface area (TPSA) is 63.1 Å². The van der Waals surface area contributed by atoms with Gasteiger partial charge in [0.05, 0.1) is 11.3 Å². The average molecular weight is 486 g/mol. The molecule has 2 aromatic rings. The summed E-state index contributed by atoms with van der Waals surface area (Å²) in [6.45, 7) is 6.79. The predicted molar refractivity (Wildman–Crippen MR) is 135 cm³/mol. The highest BCUT2D eigenvalue weighted by Gasteiger charge is 2.27. The van der Waals surface area contributed by atoms with Gasteiger partial charge in [-0.2, -0.15) is 0 Å². The summed E-state index contributed by atoms with van der Waals surface area (Å²) in [4.78, 5) is 15.2. The van der Waals surface area contributed by atoms with Crippen molar-refractivity contribution in [3.8, 4) is 5.69 Å². The van der Waals surface area contributed by atoms with Crippen molar-refractivity contribution < 1.29 is 9.18 Å². The van der Waals surface area contributed by atoms with Crippen LogP contribution in [0.1, 0.15) is 77.1 Å². The Morgan fingerprint density at radius 3 is 2.56 bits per heavy atom. The smallest absolute Gasteiger partial charge is 0.233 e. The second-order valence-electron chi connectivity index (χ2n) is 9.33. The van der Waals surface area contributed by atoms with E-state index in [1.807, 2.05) is 11.5 Å². The van der Waals surface area contributed by atoms with Gasteiger partial charge in [0.2, 0.25) is 5.91 Å². The van der Waals surface area contributed by atoms with Crippen LogP contribution in [-0.2, 0) is 4.79 Å². The van der Waals surface area contributed by atoms with E-state index in [9.17, 15) is 9.18 Å². The summed E-state index contributed by atoms with van der Waals surface area (Å²) in [5.74, 6) is 0.547. The Morgan fingerprint density at radius 2 is 1.85 bits per heavy atom. The molecule has 0 radical (unpaired) electrons. The van der Waals surface area contributed by atoms with E-state index in [4.69, 9.17) is 0 Å². The van der Waals surface area contributed by atoms with Crippen LogP contribution in [0, 0.1) is 5.82 Å². The van der Waals surface area contributed by atoms with E-state index in [0.717, 1.165) is 43.9 Å². The third-order valence-electron chi connectivity index (χ3n) is 6.84. The van der Waals surface area contributed by atoms with E-state index in [-0.39, 0.29) is 23.0 Å². The number of allylic oxidation sites excluding steroid dienone is 1. The molecule has 1 saturated heterocycles. The zero-order valence-electron chi connectivity index (χ0n) is 20.3. The molecule has 2 aliphatic rings. The second-order valence-corrected chi connectivity index (χ2v) is 10.6. The Labute approximate surface area is 206 Å². The lowest BCUT2D eigenvalue weighted by Gasteiger charge is -2.32. The van der Waals surface area contributed by atoms with Crippen LogP contribution in [0.2, 0.25) is 0 Å². The molecule has 1 aliphatic heterocycles. The molecule has 0 bridgehead atoms. The molecule has 6 nitrogen and oxygen atoms in total. The maximum atomic E-state index is 13.6. The molecule has 1 aromatic carbocycles. The van der Waals surface area contributed by atoms with Crippen molar-refractivity contribution in [2.75, 3.05) is 19.6 Å². The predicted octanol–water partition coefficient (Wildman–Crippen LogP) is 5.44. The summed E-state index contributed by atoms with van der Waals surface area (Å²) in [5.41, 5.74) is 2.27. The Morgan fingerprint density at radius 1 is 1.09 bits per heavy atom. The molecule has 1 aromatic heterocycles. The third kappa shape index (κ3) is 6.27. The van der Waals surface area contributed by atoms with E-state index in [1.54, 1.807) is 12.1 Å². The lowest BCUT2D eigenvalue weighted by atomic mass is 9.97. The van der Waals surface area contributed by atoms with Gasteiger partial charge < -0.3 is 5.32 Å². The zero-order valence-corrected chi connectivity index (χ0v) is 21.1. The molecule has 2 atom stereocenters. The lowest BCUT2D eigenvalue weighted by molar-refractivity contribution is -0.120. The number of halogens is 1. The summed E-state index contributed by atoms with van der Waals surface area (Å²) in [6, 6.07) is 6.49. The Balaban J connectivity index is 1.47. The second kappa shape index (κ2) is 12.0. The van der Waals surface area contributed by atoms with Gasteiger partial charge >= 0.3 is 0 Å². The van der Waals surface area contributed by atoms with E-state index < -0.39 is 0 Å². The normalized spacial score (nSPS) is 18.9. The molecule has 1 amide bonds. The van der Waals surface area contributed by atoms with Crippen LogP contribution >= 0.6 is 11.8 Å². The van der Waals surface area contributed by atoms with E-state index in [2.05, 4.69) is 33.4 Å². The minimum atomic E-state index is -0.318. The maximum absolute atomic E-state index is 13.6. The van der Waals surface area contributed by atoms with Crippen LogP contribution in [0.25, 0.3) is 5.69 Å². The molecule has 1 fully saturated rings. The van der Waals surface area contributed by atoms with Crippen molar-refractivity contribution >= 4 is 17.7 Å². The first kappa shape index (κ1) is 24.9. The van der Waals surface area contributed by atoms with Crippen LogP contribution in [0.15, 0.2) is 41.1 Å². The van der Waals surface area contributed by atoms with Gasteiger partial charge in [-0.1, -0.05) is 29.8 Å². The molecule has 1 N–H and O–H groups in total. The van der Waals surface area contributed by atoms with Crippen LogP contribution in [0.3, 0.4) is 0 Å².